The van der Waals surface area contributed by atoms with Crippen molar-refractivity contribution in [2.75, 3.05) is 9.80 Å². The molecular weight excluding hydrogens is 756 g/mol. The fraction of sp³-hybridized carbons (Fsp3) is 0.439. The van der Waals surface area contributed by atoms with Crippen LogP contribution < -0.4 is 26.2 Å². The average molecular weight is 825 g/mol. The maximum absolute atomic E-state index is 2.69. The zero-order valence-corrected chi connectivity index (χ0v) is 41.2. The summed E-state index contributed by atoms with van der Waals surface area (Å²) in [5.41, 5.74) is 20.7. The highest BCUT2D eigenvalue weighted by molar-refractivity contribution is 7.26. The lowest BCUT2D eigenvalue weighted by Crippen LogP contribution is -2.61. The zero-order chi connectivity index (χ0) is 44.1. The van der Waals surface area contributed by atoms with Crippen LogP contribution in [-0.2, 0) is 32.5 Å². The van der Waals surface area contributed by atoms with E-state index in [4.69, 9.17) is 0 Å². The van der Waals surface area contributed by atoms with Crippen molar-refractivity contribution in [2.45, 2.75) is 163 Å². The Balaban J connectivity index is 1.45. The highest BCUT2D eigenvalue weighted by Gasteiger charge is 2.48. The summed E-state index contributed by atoms with van der Waals surface area (Å²) in [6, 6.07) is 34.6. The van der Waals surface area contributed by atoms with Crippen LogP contribution in [0.1, 0.15) is 163 Å². The molecule has 5 aromatic carbocycles. The number of anilines is 6. The van der Waals surface area contributed by atoms with Gasteiger partial charge in [0.15, 0.2) is 0 Å². The first kappa shape index (κ1) is 42.0. The molecule has 1 aliphatic carbocycles. The van der Waals surface area contributed by atoms with E-state index in [0.717, 1.165) is 0 Å². The minimum Gasteiger partial charge on any atom is -0.311 e. The van der Waals surface area contributed by atoms with E-state index in [-0.39, 0.29) is 39.2 Å². The van der Waals surface area contributed by atoms with E-state index >= 15 is 0 Å². The minimum atomic E-state index is -0.0143. The minimum absolute atomic E-state index is 0.0143. The molecule has 0 saturated heterocycles. The van der Waals surface area contributed by atoms with Gasteiger partial charge in [-0.05, 0) is 162 Å². The van der Waals surface area contributed by atoms with E-state index in [1.807, 2.05) is 11.3 Å². The molecule has 0 saturated carbocycles. The van der Waals surface area contributed by atoms with Crippen molar-refractivity contribution >= 4 is 78.0 Å². The van der Waals surface area contributed by atoms with Gasteiger partial charge in [-0.25, -0.2) is 0 Å². The fourth-order valence-electron chi connectivity index (χ4n) is 10.4. The Kier molecular flexibility index (Phi) is 9.22. The van der Waals surface area contributed by atoms with Crippen molar-refractivity contribution in [1.29, 1.82) is 0 Å². The molecule has 1 aromatic heterocycles. The van der Waals surface area contributed by atoms with Gasteiger partial charge in [0.1, 0.15) is 0 Å². The molecule has 3 heterocycles. The Morgan fingerprint density at radius 1 is 0.492 bits per heavy atom. The first-order chi connectivity index (χ1) is 28.1. The molecule has 9 rings (SSSR count). The summed E-state index contributed by atoms with van der Waals surface area (Å²) in [5, 5.41) is 2.75. The molecule has 0 unspecified atom stereocenters. The number of aryl methyl sites for hydroxylation is 1. The normalized spacial score (nSPS) is 17.0. The fourth-order valence-corrected chi connectivity index (χ4v) is 11.7. The highest BCUT2D eigenvalue weighted by Crippen LogP contribution is 2.52. The standard InChI is InChI=1S/C57H69BN2S/c1-34-26-46-50-47(27-34)60(40-29-37(54(8,9)10)28-38(30-40)55(11,12)13)51-49(41-31-36(53(5,6)7)20-23-48(41)61-51)58(50)44-32-42-43(57(16,17)25-24-56(42,14)15)33-45(44)59(46)39-21-18-35(19-22-39)52(2,3)4/h18-23,26-33H,24-25H2,1-17H3. The molecule has 0 amide bonds. The molecule has 2 nitrogen and oxygen atoms in total. The molecular formula is C57H69BN2S. The Morgan fingerprint density at radius 3 is 1.54 bits per heavy atom. The van der Waals surface area contributed by atoms with Crippen LogP contribution >= 0.6 is 11.3 Å². The molecule has 4 heteroatoms. The Labute approximate surface area is 372 Å². The van der Waals surface area contributed by atoms with Gasteiger partial charge in [0.2, 0.25) is 0 Å². The molecule has 0 atom stereocenters. The van der Waals surface area contributed by atoms with Crippen molar-refractivity contribution in [2.24, 2.45) is 0 Å². The SMILES string of the molecule is Cc1cc2c3c(c1)N(c1cc(C(C)(C)C)cc(C(C)(C)C)c1)c1sc4ccc(C(C)(C)C)cc4c1B3c1cc3c(cc1N2c1ccc(C(C)(C)C)cc1)C(C)(C)CCC3(C)C. The van der Waals surface area contributed by atoms with E-state index in [0.29, 0.717) is 0 Å². The van der Waals surface area contributed by atoms with Crippen molar-refractivity contribution in [3.8, 4) is 0 Å². The molecule has 0 bridgehead atoms. The van der Waals surface area contributed by atoms with Gasteiger partial charge in [-0.2, -0.15) is 0 Å². The molecule has 0 N–H and O–H groups in total. The van der Waals surface area contributed by atoms with Gasteiger partial charge in [-0.3, -0.25) is 0 Å². The van der Waals surface area contributed by atoms with Gasteiger partial charge in [0, 0.05) is 33.1 Å². The highest BCUT2D eigenvalue weighted by atomic mass is 32.1. The molecule has 2 aliphatic heterocycles. The average Bonchev–Trinajstić information content (AvgIpc) is 3.53. The maximum Gasteiger partial charge on any atom is 0.254 e. The number of fused-ring (bicyclic) bond motifs is 7. The molecule has 0 radical (unpaired) electrons. The summed E-state index contributed by atoms with van der Waals surface area (Å²) in [4.78, 5) is 5.33. The quantitative estimate of drug-likeness (QED) is 0.160. The first-order valence-corrected chi connectivity index (χ1v) is 23.7. The lowest BCUT2D eigenvalue weighted by atomic mass is 9.33. The van der Waals surface area contributed by atoms with E-state index < -0.39 is 0 Å². The van der Waals surface area contributed by atoms with Crippen LogP contribution in [0.25, 0.3) is 10.1 Å². The molecule has 0 fully saturated rings. The van der Waals surface area contributed by atoms with Gasteiger partial charge < -0.3 is 9.80 Å². The third-order valence-electron chi connectivity index (χ3n) is 14.6. The third kappa shape index (κ3) is 6.81. The van der Waals surface area contributed by atoms with Crippen LogP contribution in [0.3, 0.4) is 0 Å². The van der Waals surface area contributed by atoms with Crippen LogP contribution in [0.5, 0.6) is 0 Å². The van der Waals surface area contributed by atoms with Gasteiger partial charge in [-0.15, -0.1) is 11.3 Å². The van der Waals surface area contributed by atoms with Crippen molar-refractivity contribution in [3.63, 3.8) is 0 Å². The largest absolute Gasteiger partial charge is 0.311 e. The summed E-state index contributed by atoms with van der Waals surface area (Å²) >= 11 is 1.98. The number of hydrogen-bond donors (Lipinski definition) is 0. The zero-order valence-electron chi connectivity index (χ0n) is 40.4. The Bertz CT molecular complexity index is 2720. The number of benzene rings is 5. The maximum atomic E-state index is 2.69. The van der Waals surface area contributed by atoms with Crippen molar-refractivity contribution in [3.05, 3.63) is 124 Å². The summed E-state index contributed by atoms with van der Waals surface area (Å²) in [6.45, 7) is 40.5. The van der Waals surface area contributed by atoms with Crippen molar-refractivity contribution < 1.29 is 0 Å². The molecule has 316 valence electrons. The van der Waals surface area contributed by atoms with Crippen LogP contribution in [0.15, 0.2) is 84.9 Å². The molecule has 61 heavy (non-hydrogen) atoms. The van der Waals surface area contributed by atoms with Crippen LogP contribution in [0.4, 0.5) is 33.4 Å². The van der Waals surface area contributed by atoms with Gasteiger partial charge in [-0.1, -0.05) is 147 Å². The lowest BCUT2D eigenvalue weighted by Gasteiger charge is -2.47. The smallest absolute Gasteiger partial charge is 0.254 e. The van der Waals surface area contributed by atoms with Gasteiger partial charge >= 0.3 is 0 Å². The molecule has 0 spiro atoms. The number of hydrogen-bond acceptors (Lipinski definition) is 3. The van der Waals surface area contributed by atoms with Crippen molar-refractivity contribution in [1.82, 2.24) is 0 Å². The topological polar surface area (TPSA) is 6.48 Å². The first-order valence-electron chi connectivity index (χ1n) is 22.9. The van der Waals surface area contributed by atoms with E-state index in [1.165, 1.54) is 112 Å². The number of thiophene rings is 1. The summed E-state index contributed by atoms with van der Waals surface area (Å²) < 4.78 is 1.36. The monoisotopic (exact) mass is 825 g/mol. The Morgan fingerprint density at radius 2 is 1.00 bits per heavy atom. The second kappa shape index (κ2) is 13.4. The summed E-state index contributed by atoms with van der Waals surface area (Å²) in [5.74, 6) is 0. The second-order valence-electron chi connectivity index (χ2n) is 24.4. The van der Waals surface area contributed by atoms with E-state index in [9.17, 15) is 0 Å². The number of nitrogens with zero attached hydrogens (tertiary/aromatic N) is 2. The van der Waals surface area contributed by atoms with E-state index in [1.54, 1.807) is 0 Å². The predicted molar refractivity (Wildman–Crippen MR) is 271 cm³/mol. The van der Waals surface area contributed by atoms with Gasteiger partial charge in [0.05, 0.1) is 5.00 Å². The summed E-state index contributed by atoms with van der Waals surface area (Å²) in [6.07, 6.45) is 2.37. The molecule has 6 aromatic rings. The summed E-state index contributed by atoms with van der Waals surface area (Å²) in [7, 11) is 0. The number of rotatable bonds is 2. The van der Waals surface area contributed by atoms with Crippen LogP contribution in [0, 0.1) is 6.92 Å². The second-order valence-corrected chi connectivity index (χ2v) is 25.4. The third-order valence-corrected chi connectivity index (χ3v) is 15.7. The van der Waals surface area contributed by atoms with Crippen LogP contribution in [0.2, 0.25) is 0 Å². The lowest BCUT2D eigenvalue weighted by molar-refractivity contribution is 0.332. The van der Waals surface area contributed by atoms with Gasteiger partial charge in [0.25, 0.3) is 6.71 Å². The predicted octanol–water partition coefficient (Wildman–Crippen LogP) is 14.8. The van der Waals surface area contributed by atoms with Crippen LogP contribution in [-0.4, -0.2) is 6.71 Å². The molecule has 3 aliphatic rings. The Hall–Kier alpha value is -4.28. The van der Waals surface area contributed by atoms with E-state index in [2.05, 4.69) is 212 Å².